The lowest BCUT2D eigenvalue weighted by Crippen LogP contribution is -2.36. The van der Waals surface area contributed by atoms with Crippen molar-refractivity contribution in [3.63, 3.8) is 0 Å². The van der Waals surface area contributed by atoms with Crippen molar-refractivity contribution in [2.45, 2.75) is 24.1 Å². The first-order valence-corrected chi connectivity index (χ1v) is 7.89. The number of thioether (sulfide) groups is 2. The quantitative estimate of drug-likeness (QED) is 0.888. The Morgan fingerprint density at radius 3 is 3.12 bits per heavy atom. The monoisotopic (exact) mass is 257 g/mol. The topological polar surface area (TPSA) is 43.8 Å². The first kappa shape index (κ1) is 12.3. The number of aryl methyl sites for hydroxylation is 2. The minimum absolute atomic E-state index is 0.314. The maximum absolute atomic E-state index is 6.24. The number of nitrogens with zero attached hydrogens (tertiary/aromatic N) is 2. The Morgan fingerprint density at radius 1 is 1.62 bits per heavy atom. The molecule has 2 N–H and O–H groups in total. The first-order chi connectivity index (χ1) is 7.77. The summed E-state index contributed by atoms with van der Waals surface area (Å²) in [4.78, 5) is 4.33. The summed E-state index contributed by atoms with van der Waals surface area (Å²) in [5.74, 6) is 4.90. The highest BCUT2D eigenvalue weighted by Gasteiger charge is 2.21. The molecule has 1 aromatic heterocycles. The van der Waals surface area contributed by atoms with E-state index in [-0.39, 0.29) is 0 Å². The van der Waals surface area contributed by atoms with Gasteiger partial charge < -0.3 is 10.3 Å². The van der Waals surface area contributed by atoms with Crippen LogP contribution >= 0.6 is 23.5 Å². The standard InChI is InChI=1S/C11H19N3S2/c1-14-5-4-13-11(14)3-2-9(12)10-8-15-6-7-16-10/h4-5,9-10H,2-3,6-8,12H2,1H3. The van der Waals surface area contributed by atoms with E-state index in [4.69, 9.17) is 5.73 Å². The fraction of sp³-hybridized carbons (Fsp3) is 0.727. The van der Waals surface area contributed by atoms with Crippen LogP contribution in [-0.2, 0) is 13.5 Å². The average molecular weight is 257 g/mol. The van der Waals surface area contributed by atoms with Gasteiger partial charge in [-0.2, -0.15) is 23.5 Å². The molecule has 1 aliphatic heterocycles. The molecule has 0 aliphatic carbocycles. The van der Waals surface area contributed by atoms with Crippen molar-refractivity contribution in [2.75, 3.05) is 17.3 Å². The van der Waals surface area contributed by atoms with Gasteiger partial charge in [0.1, 0.15) is 5.82 Å². The van der Waals surface area contributed by atoms with E-state index in [1.807, 2.05) is 43.0 Å². The Hall–Kier alpha value is -0.130. The van der Waals surface area contributed by atoms with Gasteiger partial charge in [-0.15, -0.1) is 0 Å². The molecule has 0 amide bonds. The van der Waals surface area contributed by atoms with Crippen molar-refractivity contribution in [3.05, 3.63) is 18.2 Å². The number of hydrogen-bond acceptors (Lipinski definition) is 4. The van der Waals surface area contributed by atoms with Gasteiger partial charge in [0.2, 0.25) is 0 Å². The fourth-order valence-electron chi connectivity index (χ4n) is 1.87. The van der Waals surface area contributed by atoms with Crippen LogP contribution in [0.25, 0.3) is 0 Å². The number of imidazole rings is 1. The van der Waals surface area contributed by atoms with Crippen molar-refractivity contribution in [3.8, 4) is 0 Å². The number of nitrogens with two attached hydrogens (primary N) is 1. The molecule has 1 fully saturated rings. The zero-order chi connectivity index (χ0) is 11.4. The first-order valence-electron chi connectivity index (χ1n) is 5.68. The van der Waals surface area contributed by atoms with E-state index >= 15 is 0 Å². The molecule has 1 saturated heterocycles. The highest BCUT2D eigenvalue weighted by atomic mass is 32.2. The van der Waals surface area contributed by atoms with Crippen LogP contribution in [-0.4, -0.2) is 38.1 Å². The van der Waals surface area contributed by atoms with E-state index in [2.05, 4.69) is 9.55 Å². The van der Waals surface area contributed by atoms with E-state index in [9.17, 15) is 0 Å². The molecule has 2 atom stereocenters. The van der Waals surface area contributed by atoms with Crippen LogP contribution in [0.5, 0.6) is 0 Å². The number of rotatable bonds is 4. The lowest BCUT2D eigenvalue weighted by atomic mass is 10.1. The summed E-state index contributed by atoms with van der Waals surface area (Å²) in [6, 6.07) is 0.314. The Balaban J connectivity index is 1.78. The summed E-state index contributed by atoms with van der Waals surface area (Å²) in [5.41, 5.74) is 6.24. The Kier molecular flexibility index (Phi) is 4.61. The molecule has 1 aromatic rings. The minimum atomic E-state index is 0.314. The lowest BCUT2D eigenvalue weighted by Gasteiger charge is -2.26. The molecule has 16 heavy (non-hydrogen) atoms. The zero-order valence-electron chi connectivity index (χ0n) is 9.63. The molecule has 0 aromatic carbocycles. The van der Waals surface area contributed by atoms with Gasteiger partial charge in [-0.25, -0.2) is 4.98 Å². The maximum Gasteiger partial charge on any atom is 0.108 e. The van der Waals surface area contributed by atoms with E-state index in [0.717, 1.165) is 18.7 Å². The van der Waals surface area contributed by atoms with Gasteiger partial charge in [0, 0.05) is 54.4 Å². The SMILES string of the molecule is Cn1ccnc1CCC(N)C1CSCCS1. The van der Waals surface area contributed by atoms with Gasteiger partial charge in [-0.1, -0.05) is 0 Å². The van der Waals surface area contributed by atoms with Crippen molar-refractivity contribution in [2.24, 2.45) is 12.8 Å². The largest absolute Gasteiger partial charge is 0.338 e. The highest BCUT2D eigenvalue weighted by Crippen LogP contribution is 2.27. The molecule has 5 heteroatoms. The van der Waals surface area contributed by atoms with Gasteiger partial charge in [0.15, 0.2) is 0 Å². The van der Waals surface area contributed by atoms with E-state index in [0.29, 0.717) is 11.3 Å². The second kappa shape index (κ2) is 5.98. The maximum atomic E-state index is 6.24. The molecular weight excluding hydrogens is 238 g/mol. The van der Waals surface area contributed by atoms with Crippen molar-refractivity contribution < 1.29 is 0 Å². The fourth-order valence-corrected chi connectivity index (χ4v) is 4.73. The molecule has 1 aliphatic rings. The van der Waals surface area contributed by atoms with E-state index in [1.54, 1.807) is 0 Å². The van der Waals surface area contributed by atoms with Crippen LogP contribution in [0.4, 0.5) is 0 Å². The van der Waals surface area contributed by atoms with Crippen LogP contribution < -0.4 is 5.73 Å². The third-order valence-corrected chi connectivity index (χ3v) is 5.88. The van der Waals surface area contributed by atoms with Crippen LogP contribution in [0, 0.1) is 0 Å². The van der Waals surface area contributed by atoms with E-state index < -0.39 is 0 Å². The van der Waals surface area contributed by atoms with Gasteiger partial charge in [-0.05, 0) is 6.42 Å². The molecule has 2 heterocycles. The molecule has 2 unspecified atom stereocenters. The average Bonchev–Trinajstić information content (AvgIpc) is 2.73. The molecule has 0 saturated carbocycles. The number of aromatic nitrogens is 2. The predicted molar refractivity (Wildman–Crippen MR) is 73.1 cm³/mol. The van der Waals surface area contributed by atoms with Crippen molar-refractivity contribution in [1.82, 2.24) is 9.55 Å². The van der Waals surface area contributed by atoms with Gasteiger partial charge in [-0.3, -0.25) is 0 Å². The minimum Gasteiger partial charge on any atom is -0.338 e. The summed E-state index contributed by atoms with van der Waals surface area (Å²) in [5, 5.41) is 0.638. The van der Waals surface area contributed by atoms with Crippen LogP contribution in [0.1, 0.15) is 12.2 Å². The molecule has 0 radical (unpaired) electrons. The highest BCUT2D eigenvalue weighted by molar-refractivity contribution is 8.06. The van der Waals surface area contributed by atoms with Crippen molar-refractivity contribution in [1.29, 1.82) is 0 Å². The second-order valence-corrected chi connectivity index (χ2v) is 6.64. The summed E-state index contributed by atoms with van der Waals surface area (Å²) in [6.07, 6.45) is 5.88. The molecule has 90 valence electrons. The van der Waals surface area contributed by atoms with Gasteiger partial charge in [0.25, 0.3) is 0 Å². The van der Waals surface area contributed by atoms with Crippen LogP contribution in [0.15, 0.2) is 12.4 Å². The van der Waals surface area contributed by atoms with Crippen LogP contribution in [0.3, 0.4) is 0 Å². The van der Waals surface area contributed by atoms with Crippen molar-refractivity contribution >= 4 is 23.5 Å². The summed E-state index contributed by atoms with van der Waals surface area (Å²) >= 11 is 4.08. The molecule has 0 bridgehead atoms. The normalized spacial score (nSPS) is 23.2. The molecular formula is C11H19N3S2. The number of hydrogen-bond donors (Lipinski definition) is 1. The third-order valence-electron chi connectivity index (χ3n) is 2.94. The summed E-state index contributed by atoms with van der Waals surface area (Å²) in [7, 11) is 2.04. The lowest BCUT2D eigenvalue weighted by molar-refractivity contribution is 0.589. The smallest absolute Gasteiger partial charge is 0.108 e. The van der Waals surface area contributed by atoms with Gasteiger partial charge >= 0.3 is 0 Å². The second-order valence-electron chi connectivity index (χ2n) is 4.14. The van der Waals surface area contributed by atoms with E-state index in [1.165, 1.54) is 17.3 Å². The zero-order valence-corrected chi connectivity index (χ0v) is 11.3. The summed E-state index contributed by atoms with van der Waals surface area (Å²) in [6.45, 7) is 0. The summed E-state index contributed by atoms with van der Waals surface area (Å²) < 4.78 is 2.08. The molecule has 3 nitrogen and oxygen atoms in total. The Morgan fingerprint density at radius 2 is 2.50 bits per heavy atom. The predicted octanol–water partition coefficient (Wildman–Crippen LogP) is 1.53. The van der Waals surface area contributed by atoms with Gasteiger partial charge in [0.05, 0.1) is 0 Å². The van der Waals surface area contributed by atoms with Crippen LogP contribution in [0.2, 0.25) is 0 Å². The Bertz CT molecular complexity index is 321. The molecule has 2 rings (SSSR count). The molecule has 0 spiro atoms. The Labute approximate surface area is 106 Å². The third kappa shape index (κ3) is 3.18.